The van der Waals surface area contributed by atoms with Gasteiger partial charge in [0.2, 0.25) is 47.3 Å². The normalized spacial score (nSPS) is 17.4. The van der Waals surface area contributed by atoms with Gasteiger partial charge < -0.3 is 80.2 Å². The predicted octanol–water partition coefficient (Wildman–Crippen LogP) is -4.50. The average molecular weight is 935 g/mol. The molecule has 9 unspecified atom stereocenters. The van der Waals surface area contributed by atoms with Crippen LogP contribution in [0, 0.1) is 11.8 Å². The van der Waals surface area contributed by atoms with Crippen LogP contribution < -0.4 is 54.8 Å². The van der Waals surface area contributed by atoms with Gasteiger partial charge in [-0.05, 0) is 69.1 Å². The topological polar surface area (TPSA) is 409 Å². The van der Waals surface area contributed by atoms with Crippen LogP contribution in [-0.2, 0) is 44.8 Å². The summed E-state index contributed by atoms with van der Waals surface area (Å²) in [7, 11) is 0. The molecule has 1 heterocycles. The number of guanidine groups is 1. The second-order valence-electron chi connectivity index (χ2n) is 17.3. The highest BCUT2D eigenvalue weighted by molar-refractivity contribution is 5.97. The summed E-state index contributed by atoms with van der Waals surface area (Å²) >= 11 is 0. The number of aliphatic hydroxyl groups is 3. The largest absolute Gasteiger partial charge is 0.508 e. The highest BCUT2D eigenvalue weighted by Gasteiger charge is 2.41. The van der Waals surface area contributed by atoms with E-state index in [9.17, 15) is 58.8 Å². The summed E-state index contributed by atoms with van der Waals surface area (Å²) < 4.78 is 0. The molecule has 0 spiro atoms. The molecule has 1 saturated heterocycles. The zero-order valence-corrected chi connectivity index (χ0v) is 38.4. The number of nitrogens with two attached hydrogens (primary N) is 4. The number of hydrogen-bond donors (Lipinski definition) is 14. The SMILES string of the molecule is CC(C)CC(C(=O)NC(C)C(N)=O)N1CC(NC(=O)C(CCC(O)O)NC(=O)C(NC(=O)C(NC(=O)C(Cc2ccc(O)cc2)NC(=O)C(N)CCCN=C(N)N)C(C)O)C(C)C)CC1=O. The van der Waals surface area contributed by atoms with Crippen molar-refractivity contribution in [2.75, 3.05) is 13.1 Å². The van der Waals surface area contributed by atoms with E-state index in [1.807, 2.05) is 13.8 Å². The van der Waals surface area contributed by atoms with Crippen molar-refractivity contribution in [1.82, 2.24) is 36.8 Å². The van der Waals surface area contributed by atoms with Crippen molar-refractivity contribution in [2.24, 2.45) is 39.8 Å². The molecule has 24 heteroatoms. The van der Waals surface area contributed by atoms with Crippen LogP contribution in [0.3, 0.4) is 0 Å². The van der Waals surface area contributed by atoms with Crippen molar-refractivity contribution in [1.29, 1.82) is 0 Å². The quantitative estimate of drug-likeness (QED) is 0.0171. The van der Waals surface area contributed by atoms with E-state index in [4.69, 9.17) is 22.9 Å². The predicted molar refractivity (Wildman–Crippen MR) is 240 cm³/mol. The number of benzene rings is 1. The number of carbonyl (C=O) groups is 8. The smallest absolute Gasteiger partial charge is 0.245 e. The maximum atomic E-state index is 13.9. The average Bonchev–Trinajstić information content (AvgIpc) is 3.58. The Bertz CT molecular complexity index is 1860. The number of hydrogen-bond acceptors (Lipinski definition) is 14. The first-order valence-electron chi connectivity index (χ1n) is 21.8. The first-order chi connectivity index (χ1) is 30.8. The van der Waals surface area contributed by atoms with Crippen LogP contribution in [-0.4, -0.2) is 152 Å². The van der Waals surface area contributed by atoms with Crippen LogP contribution in [0.25, 0.3) is 0 Å². The van der Waals surface area contributed by atoms with Gasteiger partial charge in [0.1, 0.15) is 42.0 Å². The van der Waals surface area contributed by atoms with Crippen molar-refractivity contribution in [3.8, 4) is 5.75 Å². The van der Waals surface area contributed by atoms with Crippen molar-refractivity contribution in [3.05, 3.63) is 29.8 Å². The molecule has 1 fully saturated rings. The van der Waals surface area contributed by atoms with E-state index in [1.54, 1.807) is 13.8 Å². The number of rotatable bonds is 27. The monoisotopic (exact) mass is 935 g/mol. The lowest BCUT2D eigenvalue weighted by Gasteiger charge is -2.30. The Morgan fingerprint density at radius 1 is 0.742 bits per heavy atom. The van der Waals surface area contributed by atoms with E-state index >= 15 is 0 Å². The third kappa shape index (κ3) is 18.8. The molecule has 24 nitrogen and oxygen atoms in total. The maximum Gasteiger partial charge on any atom is 0.245 e. The summed E-state index contributed by atoms with van der Waals surface area (Å²) in [5.74, 6) is -7.09. The lowest BCUT2D eigenvalue weighted by atomic mass is 10.00. The van der Waals surface area contributed by atoms with Gasteiger partial charge in [-0.25, -0.2) is 0 Å². The minimum absolute atomic E-state index is 0.0520. The Morgan fingerprint density at radius 2 is 1.33 bits per heavy atom. The number of nitrogens with one attached hydrogen (secondary N) is 6. The Kier molecular flexibility index (Phi) is 22.7. The molecular weight excluding hydrogens is 865 g/mol. The first kappa shape index (κ1) is 56.0. The number of aromatic hydroxyl groups is 1. The van der Waals surface area contributed by atoms with Crippen molar-refractivity contribution in [2.45, 2.75) is 147 Å². The summed E-state index contributed by atoms with van der Waals surface area (Å²) in [6.07, 6.45) is -3.73. The van der Waals surface area contributed by atoms with Crippen LogP contribution in [0.15, 0.2) is 29.3 Å². The molecule has 18 N–H and O–H groups in total. The molecule has 0 bridgehead atoms. The van der Waals surface area contributed by atoms with Gasteiger partial charge in [-0.15, -0.1) is 0 Å². The van der Waals surface area contributed by atoms with Crippen molar-refractivity contribution < 1.29 is 58.8 Å². The Balaban J connectivity index is 2.27. The van der Waals surface area contributed by atoms with Gasteiger partial charge in [-0.2, -0.15) is 0 Å². The minimum atomic E-state index is -1.87. The number of nitrogens with zero attached hydrogens (tertiary/aromatic N) is 2. The van der Waals surface area contributed by atoms with E-state index in [0.717, 1.165) is 0 Å². The van der Waals surface area contributed by atoms with E-state index in [1.165, 1.54) is 43.0 Å². The molecule has 9 atom stereocenters. The van der Waals surface area contributed by atoms with E-state index < -0.39 is 114 Å². The van der Waals surface area contributed by atoms with E-state index in [2.05, 4.69) is 36.9 Å². The van der Waals surface area contributed by atoms with E-state index in [-0.39, 0.29) is 69.2 Å². The molecule has 0 aromatic heterocycles. The number of aliphatic imine (C=N–C) groups is 1. The lowest BCUT2D eigenvalue weighted by Crippen LogP contribution is -2.62. The second-order valence-corrected chi connectivity index (χ2v) is 17.3. The third-order valence-electron chi connectivity index (χ3n) is 10.6. The standard InChI is InChI=1S/C42H70N12O12/c1-20(2)16-30(39(64)48-22(5)35(44)60)54-19-25(18-31(54)57)49-37(62)28(13-14-32(58)59)50-40(65)33(21(3)4)52-41(66)34(23(6)55)53-38(63)29(17-24-9-11-26(56)12-10-24)51-36(61)27(43)8-7-15-47-42(45)46/h9-12,20-23,25,27-30,32-34,55-56,58-59H,7-8,13-19,43H2,1-6H3,(H2,44,60)(H,48,64)(H,49,62)(H,50,65)(H,51,61)(H,52,66)(H,53,63)(H4,45,46,47). The third-order valence-corrected chi connectivity index (χ3v) is 10.6. The van der Waals surface area contributed by atoms with Crippen LogP contribution in [0.2, 0.25) is 0 Å². The highest BCUT2D eigenvalue weighted by Crippen LogP contribution is 2.21. The maximum absolute atomic E-state index is 13.9. The van der Waals surface area contributed by atoms with Gasteiger partial charge >= 0.3 is 0 Å². The molecule has 66 heavy (non-hydrogen) atoms. The fourth-order valence-corrected chi connectivity index (χ4v) is 6.92. The number of primary amides is 1. The second kappa shape index (κ2) is 26.8. The summed E-state index contributed by atoms with van der Waals surface area (Å²) in [6.45, 7) is 9.54. The molecule has 370 valence electrons. The van der Waals surface area contributed by atoms with Crippen LogP contribution in [0.1, 0.15) is 85.6 Å². The summed E-state index contributed by atoms with van der Waals surface area (Å²) in [6, 6.07) is -4.02. The van der Waals surface area contributed by atoms with Gasteiger partial charge in [0.25, 0.3) is 0 Å². The van der Waals surface area contributed by atoms with Gasteiger partial charge in [0.05, 0.1) is 18.2 Å². The summed E-state index contributed by atoms with van der Waals surface area (Å²) in [5, 5.41) is 55.0. The van der Waals surface area contributed by atoms with Crippen LogP contribution in [0.5, 0.6) is 5.75 Å². The molecule has 1 aromatic carbocycles. The molecule has 2 rings (SSSR count). The number of likely N-dealkylation sites (tertiary alicyclic amines) is 1. The number of carbonyl (C=O) groups excluding carboxylic acids is 8. The zero-order valence-electron chi connectivity index (χ0n) is 38.4. The molecule has 1 aliphatic rings. The van der Waals surface area contributed by atoms with Crippen LogP contribution in [0.4, 0.5) is 0 Å². The Morgan fingerprint density at radius 3 is 1.88 bits per heavy atom. The molecule has 0 radical (unpaired) electrons. The van der Waals surface area contributed by atoms with Crippen molar-refractivity contribution >= 4 is 53.2 Å². The Hall–Kier alpha value is -6.11. The van der Waals surface area contributed by atoms with Gasteiger partial charge in [-0.1, -0.05) is 39.8 Å². The number of amides is 8. The van der Waals surface area contributed by atoms with Gasteiger partial charge in [0, 0.05) is 32.4 Å². The molecule has 0 saturated carbocycles. The van der Waals surface area contributed by atoms with Crippen LogP contribution >= 0.6 is 0 Å². The number of phenolic OH excluding ortho intramolecular Hbond substituents is 1. The van der Waals surface area contributed by atoms with Gasteiger partial charge in [-0.3, -0.25) is 43.3 Å². The first-order valence-corrected chi connectivity index (χ1v) is 21.8. The van der Waals surface area contributed by atoms with Gasteiger partial charge in [0.15, 0.2) is 12.2 Å². The minimum Gasteiger partial charge on any atom is -0.508 e. The zero-order chi connectivity index (χ0) is 50.0. The van der Waals surface area contributed by atoms with Crippen molar-refractivity contribution in [3.63, 3.8) is 0 Å². The molecule has 8 amide bonds. The number of phenols is 1. The highest BCUT2D eigenvalue weighted by atomic mass is 16.5. The fourth-order valence-electron chi connectivity index (χ4n) is 6.92. The summed E-state index contributed by atoms with van der Waals surface area (Å²) in [4.78, 5) is 112. The lowest BCUT2D eigenvalue weighted by molar-refractivity contribution is -0.139. The molecule has 1 aromatic rings. The van der Waals surface area contributed by atoms with E-state index in [0.29, 0.717) is 12.0 Å². The summed E-state index contributed by atoms with van der Waals surface area (Å²) in [5.41, 5.74) is 22.6. The number of aliphatic hydroxyl groups excluding tert-OH is 2. The molecule has 0 aliphatic carbocycles. The fraction of sp³-hybridized carbons (Fsp3) is 0.643. The molecular formula is C42H70N12O12. The molecule has 1 aliphatic heterocycles. The Labute approximate surface area is 383 Å².